The molecule has 0 aliphatic carbocycles. The topological polar surface area (TPSA) is 113 Å². The number of nitrogens with zero attached hydrogens (tertiary/aromatic N) is 3. The third-order valence-corrected chi connectivity index (χ3v) is 6.48. The van der Waals surface area contributed by atoms with Crippen molar-refractivity contribution in [2.45, 2.75) is 26.2 Å². The summed E-state index contributed by atoms with van der Waals surface area (Å²) in [5.74, 6) is 0.0163. The average Bonchev–Trinajstić information content (AvgIpc) is 3.07. The summed E-state index contributed by atoms with van der Waals surface area (Å²) in [6.07, 6.45) is 0. The Morgan fingerprint density at radius 2 is 1.67 bits per heavy atom. The first-order chi connectivity index (χ1) is 13.9. The van der Waals surface area contributed by atoms with Crippen LogP contribution in [-0.4, -0.2) is 59.8 Å². The van der Waals surface area contributed by atoms with E-state index >= 15 is 0 Å². The molecule has 1 fully saturated rings. The van der Waals surface area contributed by atoms with Crippen molar-refractivity contribution in [3.05, 3.63) is 41.0 Å². The third-order valence-electron chi connectivity index (χ3n) is 4.62. The molecule has 1 aromatic carbocycles. The SMILES string of the molecule is CC(C)(C)c1cc(NC(=O)Nc2ccc(Cl)cc2)n(C(=O)N2CCS(=O)(=O)CC2)n1. The van der Waals surface area contributed by atoms with Gasteiger partial charge in [0.2, 0.25) is 0 Å². The fourth-order valence-electron chi connectivity index (χ4n) is 2.83. The number of sulfone groups is 1. The highest BCUT2D eigenvalue weighted by Gasteiger charge is 2.30. The Balaban J connectivity index is 1.82. The molecule has 3 amide bonds. The fraction of sp³-hybridized carbons (Fsp3) is 0.421. The van der Waals surface area contributed by atoms with Crippen LogP contribution in [0.3, 0.4) is 0 Å². The molecular formula is C19H24ClN5O4S. The van der Waals surface area contributed by atoms with Crippen molar-refractivity contribution in [1.29, 1.82) is 0 Å². The molecule has 2 heterocycles. The third kappa shape index (κ3) is 5.31. The molecule has 1 aliphatic heterocycles. The minimum Gasteiger partial charge on any atom is -0.321 e. The van der Waals surface area contributed by atoms with Crippen LogP contribution < -0.4 is 10.6 Å². The number of rotatable bonds is 2. The van der Waals surface area contributed by atoms with Gasteiger partial charge in [0.15, 0.2) is 9.84 Å². The van der Waals surface area contributed by atoms with Gasteiger partial charge in [-0.25, -0.2) is 18.0 Å². The van der Waals surface area contributed by atoms with Crippen LogP contribution in [0.2, 0.25) is 5.02 Å². The van der Waals surface area contributed by atoms with Gasteiger partial charge in [-0.2, -0.15) is 9.78 Å². The van der Waals surface area contributed by atoms with Gasteiger partial charge in [-0.05, 0) is 24.3 Å². The van der Waals surface area contributed by atoms with Crippen molar-refractivity contribution >= 4 is 45.0 Å². The van der Waals surface area contributed by atoms with Gasteiger partial charge in [0.05, 0.1) is 17.2 Å². The largest absolute Gasteiger partial charge is 0.346 e. The maximum Gasteiger partial charge on any atom is 0.346 e. The van der Waals surface area contributed by atoms with Crippen LogP contribution in [0.4, 0.5) is 21.1 Å². The zero-order valence-electron chi connectivity index (χ0n) is 17.0. The van der Waals surface area contributed by atoms with Crippen molar-refractivity contribution < 1.29 is 18.0 Å². The zero-order chi connectivity index (χ0) is 22.1. The zero-order valence-corrected chi connectivity index (χ0v) is 18.5. The Hall–Kier alpha value is -2.59. The standard InChI is InChI=1S/C19H24ClN5O4S/c1-19(2,3)15-12-16(22-17(26)21-14-6-4-13(20)5-7-14)25(23-15)18(27)24-8-10-30(28,29)11-9-24/h4-7,12H,8-11H2,1-3H3,(H2,21,22,26). The van der Waals surface area contributed by atoms with Crippen LogP contribution in [0, 0.1) is 0 Å². The Bertz CT molecular complexity index is 1040. The predicted octanol–water partition coefficient (Wildman–Crippen LogP) is 3.18. The molecule has 0 radical (unpaired) electrons. The molecule has 2 aromatic rings. The second-order valence-electron chi connectivity index (χ2n) is 8.08. The van der Waals surface area contributed by atoms with E-state index in [-0.39, 0.29) is 35.8 Å². The highest BCUT2D eigenvalue weighted by molar-refractivity contribution is 7.91. The van der Waals surface area contributed by atoms with Crippen molar-refractivity contribution in [3.63, 3.8) is 0 Å². The maximum atomic E-state index is 13.0. The lowest BCUT2D eigenvalue weighted by Gasteiger charge is -2.26. The van der Waals surface area contributed by atoms with E-state index in [0.717, 1.165) is 4.68 Å². The van der Waals surface area contributed by atoms with Crippen molar-refractivity contribution in [2.24, 2.45) is 0 Å². The van der Waals surface area contributed by atoms with Crippen molar-refractivity contribution in [2.75, 3.05) is 35.2 Å². The van der Waals surface area contributed by atoms with E-state index in [9.17, 15) is 18.0 Å². The molecule has 11 heteroatoms. The number of benzene rings is 1. The summed E-state index contributed by atoms with van der Waals surface area (Å²) < 4.78 is 24.4. The second-order valence-corrected chi connectivity index (χ2v) is 10.8. The van der Waals surface area contributed by atoms with Gasteiger partial charge in [-0.15, -0.1) is 0 Å². The van der Waals surface area contributed by atoms with E-state index in [2.05, 4.69) is 15.7 Å². The summed E-state index contributed by atoms with van der Waals surface area (Å²) in [5.41, 5.74) is 0.786. The fourth-order valence-corrected chi connectivity index (χ4v) is 4.16. The molecule has 0 spiro atoms. The molecule has 30 heavy (non-hydrogen) atoms. The van der Waals surface area contributed by atoms with E-state index in [1.165, 1.54) is 4.90 Å². The van der Waals surface area contributed by atoms with Gasteiger partial charge >= 0.3 is 12.1 Å². The smallest absolute Gasteiger partial charge is 0.321 e. The molecule has 1 aromatic heterocycles. The number of hydrogen-bond acceptors (Lipinski definition) is 5. The van der Waals surface area contributed by atoms with Crippen LogP contribution in [0.25, 0.3) is 0 Å². The summed E-state index contributed by atoms with van der Waals surface area (Å²) in [4.78, 5) is 26.9. The molecule has 3 rings (SSSR count). The number of carbonyl (C=O) groups is 2. The Morgan fingerprint density at radius 1 is 1.07 bits per heavy atom. The molecule has 2 N–H and O–H groups in total. The van der Waals surface area contributed by atoms with Crippen molar-refractivity contribution in [1.82, 2.24) is 14.7 Å². The molecule has 162 valence electrons. The Kier molecular flexibility index (Phi) is 6.09. The van der Waals surface area contributed by atoms with Crippen LogP contribution >= 0.6 is 11.6 Å². The quantitative estimate of drug-likeness (QED) is 0.724. The first-order valence-corrected chi connectivity index (χ1v) is 11.6. The highest BCUT2D eigenvalue weighted by Crippen LogP contribution is 2.25. The van der Waals surface area contributed by atoms with Crippen LogP contribution in [0.15, 0.2) is 30.3 Å². The highest BCUT2D eigenvalue weighted by atomic mass is 35.5. The summed E-state index contributed by atoms with van der Waals surface area (Å²) in [6, 6.07) is 7.20. The normalized spacial score (nSPS) is 16.2. The molecule has 9 nitrogen and oxygen atoms in total. The summed E-state index contributed by atoms with van der Waals surface area (Å²) in [6.45, 7) is 5.99. The van der Waals surface area contributed by atoms with E-state index in [1.54, 1.807) is 30.3 Å². The predicted molar refractivity (Wildman–Crippen MR) is 116 cm³/mol. The van der Waals surface area contributed by atoms with Crippen LogP contribution in [-0.2, 0) is 15.3 Å². The number of halogens is 1. The van der Waals surface area contributed by atoms with Crippen LogP contribution in [0.1, 0.15) is 26.5 Å². The molecule has 1 aliphatic rings. The van der Waals surface area contributed by atoms with E-state index in [1.807, 2.05) is 20.8 Å². The summed E-state index contributed by atoms with van der Waals surface area (Å²) in [5, 5.41) is 10.2. The average molecular weight is 454 g/mol. The minimum atomic E-state index is -3.13. The van der Waals surface area contributed by atoms with Gasteiger partial charge in [-0.1, -0.05) is 32.4 Å². The van der Waals surface area contributed by atoms with Gasteiger partial charge in [0.1, 0.15) is 5.82 Å². The van der Waals surface area contributed by atoms with Crippen molar-refractivity contribution in [3.8, 4) is 0 Å². The maximum absolute atomic E-state index is 13.0. The molecule has 0 atom stereocenters. The first-order valence-electron chi connectivity index (χ1n) is 9.38. The second kappa shape index (κ2) is 8.27. The molecule has 1 saturated heterocycles. The molecule has 0 unspecified atom stereocenters. The van der Waals surface area contributed by atoms with E-state index < -0.39 is 21.9 Å². The van der Waals surface area contributed by atoms with Gasteiger partial charge in [0.25, 0.3) is 0 Å². The minimum absolute atomic E-state index is 0.0856. The number of amides is 3. The Labute approximate surface area is 180 Å². The van der Waals surface area contributed by atoms with E-state index in [4.69, 9.17) is 11.6 Å². The van der Waals surface area contributed by atoms with Gasteiger partial charge < -0.3 is 10.2 Å². The first kappa shape index (κ1) is 22.1. The molecular weight excluding hydrogens is 430 g/mol. The lowest BCUT2D eigenvalue weighted by molar-refractivity contribution is 0.201. The monoisotopic (exact) mass is 453 g/mol. The number of carbonyl (C=O) groups excluding carboxylic acids is 2. The van der Waals surface area contributed by atoms with E-state index in [0.29, 0.717) is 16.4 Å². The number of urea groups is 1. The lowest BCUT2D eigenvalue weighted by atomic mass is 9.92. The number of hydrogen-bond donors (Lipinski definition) is 2. The molecule has 0 bridgehead atoms. The van der Waals surface area contributed by atoms with Gasteiger partial charge in [-0.3, -0.25) is 5.32 Å². The summed E-state index contributed by atoms with van der Waals surface area (Å²) in [7, 11) is -3.13. The number of anilines is 2. The number of nitrogens with one attached hydrogen (secondary N) is 2. The molecule has 0 saturated carbocycles. The summed E-state index contributed by atoms with van der Waals surface area (Å²) >= 11 is 5.85. The lowest BCUT2D eigenvalue weighted by Crippen LogP contribution is -2.46. The van der Waals surface area contributed by atoms with Crippen LogP contribution in [0.5, 0.6) is 0 Å². The number of aromatic nitrogens is 2. The van der Waals surface area contributed by atoms with Gasteiger partial charge in [0, 0.05) is 35.3 Å². The Morgan fingerprint density at radius 3 is 2.23 bits per heavy atom.